The maximum absolute atomic E-state index is 11.7. The van der Waals surface area contributed by atoms with E-state index in [9.17, 15) is 4.79 Å². The minimum Gasteiger partial charge on any atom is -0.342 e. The summed E-state index contributed by atoms with van der Waals surface area (Å²) in [5.74, 6) is 0.203. The fourth-order valence-corrected chi connectivity index (χ4v) is 1.68. The van der Waals surface area contributed by atoms with Gasteiger partial charge in [0.15, 0.2) is 0 Å². The molecule has 0 N–H and O–H groups in total. The molecule has 0 unspecified atom stereocenters. The van der Waals surface area contributed by atoms with Crippen LogP contribution in [0.25, 0.3) is 0 Å². The van der Waals surface area contributed by atoms with Gasteiger partial charge in [0.1, 0.15) is 0 Å². The van der Waals surface area contributed by atoms with Crippen LogP contribution in [0.2, 0.25) is 0 Å². The van der Waals surface area contributed by atoms with E-state index in [1.807, 2.05) is 6.92 Å². The van der Waals surface area contributed by atoms with E-state index in [1.54, 1.807) is 4.90 Å². The van der Waals surface area contributed by atoms with Gasteiger partial charge in [-0.05, 0) is 13.3 Å². The molecule has 0 fully saturated rings. The highest BCUT2D eigenvalue weighted by atomic mass is 16.2. The molecule has 0 aromatic heterocycles. The maximum atomic E-state index is 11.7. The average Bonchev–Trinajstić information content (AvgIpc) is 2.30. The smallest absolute Gasteiger partial charge is 0.222 e. The zero-order chi connectivity index (χ0) is 12.2. The molecular weight excluding hydrogens is 200 g/mol. The predicted molar refractivity (Wildman–Crippen MR) is 65.9 cm³/mol. The lowest BCUT2D eigenvalue weighted by Gasteiger charge is -2.19. The number of carbonyl (C=O) groups is 1. The van der Waals surface area contributed by atoms with Crippen LogP contribution in [0.3, 0.4) is 0 Å². The van der Waals surface area contributed by atoms with Gasteiger partial charge in [-0.15, -0.1) is 0 Å². The highest BCUT2D eigenvalue weighted by Gasteiger charge is 2.09. The van der Waals surface area contributed by atoms with Crippen molar-refractivity contribution in [3.63, 3.8) is 0 Å². The third-order valence-electron chi connectivity index (χ3n) is 2.72. The summed E-state index contributed by atoms with van der Waals surface area (Å²) in [5, 5.41) is 8.48. The lowest BCUT2D eigenvalue weighted by Crippen LogP contribution is -2.31. The molecule has 0 aromatic rings. The highest BCUT2D eigenvalue weighted by molar-refractivity contribution is 5.76. The van der Waals surface area contributed by atoms with E-state index in [2.05, 4.69) is 13.0 Å². The van der Waals surface area contributed by atoms with Crippen LogP contribution in [0, 0.1) is 11.3 Å². The molecule has 0 bridgehead atoms. The van der Waals surface area contributed by atoms with Crippen LogP contribution in [-0.4, -0.2) is 23.9 Å². The van der Waals surface area contributed by atoms with Crippen LogP contribution >= 0.6 is 0 Å². The number of nitrogens with zero attached hydrogens (tertiary/aromatic N) is 2. The van der Waals surface area contributed by atoms with Gasteiger partial charge in [0.2, 0.25) is 5.91 Å². The number of nitriles is 1. The van der Waals surface area contributed by atoms with E-state index in [4.69, 9.17) is 5.26 Å². The van der Waals surface area contributed by atoms with Gasteiger partial charge in [-0.1, -0.05) is 32.6 Å². The Kier molecular flexibility index (Phi) is 9.80. The quantitative estimate of drug-likeness (QED) is 0.565. The van der Waals surface area contributed by atoms with Crippen molar-refractivity contribution in [2.45, 2.75) is 58.8 Å². The molecule has 92 valence electrons. The number of unbranched alkanes of at least 4 members (excludes halogenated alkanes) is 4. The van der Waals surface area contributed by atoms with Gasteiger partial charge in [0.05, 0.1) is 12.5 Å². The van der Waals surface area contributed by atoms with Crippen molar-refractivity contribution in [3.8, 4) is 6.07 Å². The second-order valence-electron chi connectivity index (χ2n) is 4.05. The highest BCUT2D eigenvalue weighted by Crippen LogP contribution is 2.07. The van der Waals surface area contributed by atoms with Crippen LogP contribution in [-0.2, 0) is 4.79 Å². The molecule has 0 atom stereocenters. The monoisotopic (exact) mass is 224 g/mol. The van der Waals surface area contributed by atoms with Gasteiger partial charge in [-0.3, -0.25) is 4.79 Å². The van der Waals surface area contributed by atoms with Crippen LogP contribution in [0.15, 0.2) is 0 Å². The molecule has 0 saturated carbocycles. The van der Waals surface area contributed by atoms with E-state index in [0.29, 0.717) is 19.4 Å². The Morgan fingerprint density at radius 3 is 2.44 bits per heavy atom. The number of rotatable bonds is 9. The van der Waals surface area contributed by atoms with Crippen molar-refractivity contribution in [2.75, 3.05) is 13.1 Å². The Morgan fingerprint density at radius 2 is 1.88 bits per heavy atom. The van der Waals surface area contributed by atoms with Crippen LogP contribution in [0.4, 0.5) is 0 Å². The second-order valence-corrected chi connectivity index (χ2v) is 4.05. The molecule has 0 aliphatic heterocycles. The summed E-state index contributed by atoms with van der Waals surface area (Å²) in [7, 11) is 0. The van der Waals surface area contributed by atoms with Crippen molar-refractivity contribution in [1.82, 2.24) is 4.90 Å². The minimum atomic E-state index is 0.203. The van der Waals surface area contributed by atoms with Crippen molar-refractivity contribution in [2.24, 2.45) is 0 Å². The number of amides is 1. The zero-order valence-corrected chi connectivity index (χ0v) is 10.7. The minimum absolute atomic E-state index is 0.203. The molecule has 3 heteroatoms. The largest absolute Gasteiger partial charge is 0.342 e. The summed E-state index contributed by atoms with van der Waals surface area (Å²) in [6.45, 7) is 5.45. The first-order valence-electron chi connectivity index (χ1n) is 6.41. The lowest BCUT2D eigenvalue weighted by atomic mass is 10.1. The Bertz CT molecular complexity index is 220. The molecule has 0 heterocycles. The van der Waals surface area contributed by atoms with Crippen molar-refractivity contribution in [3.05, 3.63) is 0 Å². The standard InChI is InChI=1S/C13H24N2O/c1-3-5-6-7-8-10-13(16)15(4-2)12-9-11-14/h3-10,12H2,1-2H3. The number of hydrogen-bond acceptors (Lipinski definition) is 2. The molecule has 0 rings (SSSR count). The van der Waals surface area contributed by atoms with Crippen molar-refractivity contribution < 1.29 is 4.79 Å². The molecule has 1 amide bonds. The van der Waals surface area contributed by atoms with Crippen molar-refractivity contribution >= 4 is 5.91 Å². The van der Waals surface area contributed by atoms with Gasteiger partial charge in [0, 0.05) is 19.5 Å². The summed E-state index contributed by atoms with van der Waals surface area (Å²) >= 11 is 0. The van der Waals surface area contributed by atoms with Gasteiger partial charge in [0.25, 0.3) is 0 Å². The third-order valence-corrected chi connectivity index (χ3v) is 2.72. The molecule has 0 aromatic carbocycles. The Hall–Kier alpha value is -1.04. The summed E-state index contributed by atoms with van der Waals surface area (Å²) in [4.78, 5) is 13.5. The van der Waals surface area contributed by atoms with E-state index in [1.165, 1.54) is 19.3 Å². The third kappa shape index (κ3) is 7.28. The van der Waals surface area contributed by atoms with E-state index >= 15 is 0 Å². The van der Waals surface area contributed by atoms with E-state index in [-0.39, 0.29) is 5.91 Å². The van der Waals surface area contributed by atoms with Gasteiger partial charge < -0.3 is 4.90 Å². The fourth-order valence-electron chi connectivity index (χ4n) is 1.68. The number of carbonyl (C=O) groups excluding carboxylic acids is 1. The second kappa shape index (κ2) is 10.5. The molecule has 0 saturated heterocycles. The number of hydrogen-bond donors (Lipinski definition) is 0. The maximum Gasteiger partial charge on any atom is 0.222 e. The van der Waals surface area contributed by atoms with Gasteiger partial charge in [-0.2, -0.15) is 5.26 Å². The van der Waals surface area contributed by atoms with Crippen molar-refractivity contribution in [1.29, 1.82) is 5.26 Å². The summed E-state index contributed by atoms with van der Waals surface area (Å²) < 4.78 is 0. The summed E-state index contributed by atoms with van der Waals surface area (Å²) in [5.41, 5.74) is 0. The average molecular weight is 224 g/mol. The molecule has 0 radical (unpaired) electrons. The molecule has 3 nitrogen and oxygen atoms in total. The fraction of sp³-hybridized carbons (Fsp3) is 0.846. The topological polar surface area (TPSA) is 44.1 Å². The van der Waals surface area contributed by atoms with Gasteiger partial charge >= 0.3 is 0 Å². The van der Waals surface area contributed by atoms with Crippen LogP contribution < -0.4 is 0 Å². The Balaban J connectivity index is 3.63. The van der Waals surface area contributed by atoms with Crippen LogP contribution in [0.5, 0.6) is 0 Å². The Morgan fingerprint density at radius 1 is 1.19 bits per heavy atom. The summed E-state index contributed by atoms with van der Waals surface area (Å²) in [6.07, 6.45) is 6.95. The first-order chi connectivity index (χ1) is 7.76. The summed E-state index contributed by atoms with van der Waals surface area (Å²) in [6, 6.07) is 2.08. The molecular formula is C13H24N2O. The molecule has 16 heavy (non-hydrogen) atoms. The SMILES string of the molecule is CCCCCCCC(=O)N(CC)CCC#N. The predicted octanol–water partition coefficient (Wildman–Crippen LogP) is 3.11. The molecule has 0 aliphatic carbocycles. The first kappa shape index (κ1) is 15.0. The zero-order valence-electron chi connectivity index (χ0n) is 10.7. The lowest BCUT2D eigenvalue weighted by molar-refractivity contribution is -0.131. The molecule has 0 spiro atoms. The first-order valence-corrected chi connectivity index (χ1v) is 6.41. The normalized spacial score (nSPS) is 9.81. The Labute approximate surface area is 99.4 Å². The van der Waals surface area contributed by atoms with Gasteiger partial charge in [-0.25, -0.2) is 0 Å². The van der Waals surface area contributed by atoms with E-state index < -0.39 is 0 Å². The van der Waals surface area contributed by atoms with E-state index in [0.717, 1.165) is 19.4 Å². The molecule has 0 aliphatic rings. The van der Waals surface area contributed by atoms with Crippen LogP contribution in [0.1, 0.15) is 58.8 Å².